The van der Waals surface area contributed by atoms with Gasteiger partial charge in [0.1, 0.15) is 23.1 Å². The van der Waals surface area contributed by atoms with Crippen molar-refractivity contribution in [1.29, 1.82) is 0 Å². The van der Waals surface area contributed by atoms with Crippen LogP contribution >= 0.6 is 0 Å². The summed E-state index contributed by atoms with van der Waals surface area (Å²) >= 11 is 0. The number of carbonyl (C=O) groups is 2. The number of aliphatic hydroxyl groups excluding tert-OH is 1. The number of nitrogens with zero attached hydrogens (tertiary/aromatic N) is 2. The highest BCUT2D eigenvalue weighted by Gasteiger charge is 2.48. The SMILES string of the molecule is CCOc1ccc(/C(O)=C2/C(=O)C(=O)N(c3cc(F)ccc3F)C2c2cccnc2)cc1C(C)C. The highest BCUT2D eigenvalue weighted by atomic mass is 19.1. The van der Waals surface area contributed by atoms with Gasteiger partial charge >= 0.3 is 0 Å². The molecule has 0 radical (unpaired) electrons. The minimum Gasteiger partial charge on any atom is -0.507 e. The zero-order valence-electron chi connectivity index (χ0n) is 19.5. The number of hydrogen-bond acceptors (Lipinski definition) is 5. The minimum atomic E-state index is -1.21. The van der Waals surface area contributed by atoms with Crippen LogP contribution < -0.4 is 9.64 Å². The van der Waals surface area contributed by atoms with Crippen LogP contribution in [0.25, 0.3) is 5.76 Å². The van der Waals surface area contributed by atoms with E-state index in [2.05, 4.69) is 4.98 Å². The quantitative estimate of drug-likeness (QED) is 0.287. The molecule has 35 heavy (non-hydrogen) atoms. The number of amides is 1. The Balaban J connectivity index is 1.95. The molecule has 2 aromatic carbocycles. The number of anilines is 1. The molecule has 1 aliphatic rings. The van der Waals surface area contributed by atoms with Crippen molar-refractivity contribution < 1.29 is 28.2 Å². The molecule has 1 atom stereocenters. The maximum absolute atomic E-state index is 14.7. The number of rotatable bonds is 6. The number of aromatic nitrogens is 1. The van der Waals surface area contributed by atoms with Crippen molar-refractivity contribution in [2.45, 2.75) is 32.7 Å². The van der Waals surface area contributed by atoms with Crippen molar-refractivity contribution in [2.24, 2.45) is 0 Å². The number of halogens is 2. The maximum atomic E-state index is 14.7. The Hall–Kier alpha value is -4.07. The van der Waals surface area contributed by atoms with Crippen LogP contribution in [0, 0.1) is 11.6 Å². The summed E-state index contributed by atoms with van der Waals surface area (Å²) in [5, 5.41) is 11.3. The molecule has 1 amide bonds. The van der Waals surface area contributed by atoms with Gasteiger partial charge in [-0.1, -0.05) is 19.9 Å². The Morgan fingerprint density at radius 2 is 1.91 bits per heavy atom. The van der Waals surface area contributed by atoms with Gasteiger partial charge in [-0.05, 0) is 60.4 Å². The van der Waals surface area contributed by atoms with Gasteiger partial charge in [-0.25, -0.2) is 8.78 Å². The predicted molar refractivity (Wildman–Crippen MR) is 127 cm³/mol. The normalized spacial score (nSPS) is 17.3. The standard InChI is InChI=1S/C27H24F2N2O4/c1-4-35-22-10-7-16(12-19(22)15(2)3)25(32)23-24(17-6-5-11-30-14-17)31(27(34)26(23)33)21-13-18(28)8-9-20(21)29/h5-15,24,32H,4H2,1-3H3/b25-23-. The minimum absolute atomic E-state index is 0.0437. The Labute approximate surface area is 201 Å². The Morgan fingerprint density at radius 1 is 1.14 bits per heavy atom. The van der Waals surface area contributed by atoms with E-state index in [9.17, 15) is 23.5 Å². The number of hydrogen-bond donors (Lipinski definition) is 1. The monoisotopic (exact) mass is 478 g/mol. The van der Waals surface area contributed by atoms with Crippen molar-refractivity contribution >= 4 is 23.1 Å². The molecule has 1 saturated heterocycles. The summed E-state index contributed by atoms with van der Waals surface area (Å²) in [5.74, 6) is -3.50. The van der Waals surface area contributed by atoms with Gasteiger partial charge in [-0.15, -0.1) is 0 Å². The number of pyridine rings is 1. The van der Waals surface area contributed by atoms with Crippen molar-refractivity contribution in [3.8, 4) is 5.75 Å². The van der Waals surface area contributed by atoms with Crippen LogP contribution in [0.5, 0.6) is 5.75 Å². The molecule has 3 aromatic rings. The molecule has 0 saturated carbocycles. The summed E-state index contributed by atoms with van der Waals surface area (Å²) < 4.78 is 34.4. The van der Waals surface area contributed by atoms with Gasteiger partial charge in [0.25, 0.3) is 11.7 Å². The molecule has 1 aliphatic heterocycles. The highest BCUT2D eigenvalue weighted by molar-refractivity contribution is 6.51. The largest absolute Gasteiger partial charge is 0.507 e. The van der Waals surface area contributed by atoms with Crippen LogP contribution in [0.15, 0.2) is 66.5 Å². The number of ketones is 1. The topological polar surface area (TPSA) is 79.7 Å². The molecule has 2 heterocycles. The number of benzene rings is 2. The van der Waals surface area contributed by atoms with E-state index in [1.54, 1.807) is 30.3 Å². The van der Waals surface area contributed by atoms with Crippen molar-refractivity contribution in [1.82, 2.24) is 4.98 Å². The first-order valence-corrected chi connectivity index (χ1v) is 11.2. The first-order chi connectivity index (χ1) is 16.7. The molecule has 6 nitrogen and oxygen atoms in total. The van der Waals surface area contributed by atoms with Crippen molar-refractivity contribution in [3.05, 3.63) is 94.8 Å². The van der Waals surface area contributed by atoms with Crippen LogP contribution in [-0.4, -0.2) is 28.4 Å². The average molecular weight is 478 g/mol. The summed E-state index contributed by atoms with van der Waals surface area (Å²) in [6.07, 6.45) is 2.91. The highest BCUT2D eigenvalue weighted by Crippen LogP contribution is 2.43. The summed E-state index contributed by atoms with van der Waals surface area (Å²) in [6, 6.07) is 9.59. The molecular formula is C27H24F2N2O4. The van der Waals surface area contributed by atoms with Gasteiger partial charge in [0, 0.05) is 24.0 Å². The van der Waals surface area contributed by atoms with E-state index < -0.39 is 40.8 Å². The molecule has 180 valence electrons. The van der Waals surface area contributed by atoms with E-state index in [0.29, 0.717) is 23.5 Å². The second kappa shape index (κ2) is 9.66. The van der Waals surface area contributed by atoms with Crippen LogP contribution in [0.1, 0.15) is 49.4 Å². The van der Waals surface area contributed by atoms with E-state index in [0.717, 1.165) is 28.7 Å². The van der Waals surface area contributed by atoms with Crippen LogP contribution in [0.2, 0.25) is 0 Å². The Kier molecular flexibility index (Phi) is 6.64. The zero-order chi connectivity index (χ0) is 25.3. The Bertz CT molecular complexity index is 1320. The predicted octanol–water partition coefficient (Wildman–Crippen LogP) is 5.51. The lowest BCUT2D eigenvalue weighted by molar-refractivity contribution is -0.132. The fourth-order valence-electron chi connectivity index (χ4n) is 4.19. The van der Waals surface area contributed by atoms with Gasteiger partial charge in [0.2, 0.25) is 0 Å². The second-order valence-electron chi connectivity index (χ2n) is 8.39. The number of aliphatic hydroxyl groups is 1. The molecule has 1 fully saturated rings. The van der Waals surface area contributed by atoms with Crippen LogP contribution in [0.4, 0.5) is 14.5 Å². The molecule has 1 N–H and O–H groups in total. The van der Waals surface area contributed by atoms with Crippen molar-refractivity contribution in [2.75, 3.05) is 11.5 Å². The summed E-state index contributed by atoms with van der Waals surface area (Å²) in [4.78, 5) is 31.2. The van der Waals surface area contributed by atoms with Crippen molar-refractivity contribution in [3.63, 3.8) is 0 Å². The summed E-state index contributed by atoms with van der Waals surface area (Å²) in [6.45, 7) is 6.24. The smallest absolute Gasteiger partial charge is 0.300 e. The first kappa shape index (κ1) is 24.1. The molecular weight excluding hydrogens is 454 g/mol. The first-order valence-electron chi connectivity index (χ1n) is 11.2. The van der Waals surface area contributed by atoms with Gasteiger partial charge in [-0.2, -0.15) is 0 Å². The van der Waals surface area contributed by atoms with Gasteiger partial charge in [0.05, 0.1) is 23.9 Å². The van der Waals surface area contributed by atoms with Crippen LogP contribution in [0.3, 0.4) is 0 Å². The second-order valence-corrected chi connectivity index (χ2v) is 8.39. The lowest BCUT2D eigenvalue weighted by Crippen LogP contribution is -2.30. The molecule has 0 spiro atoms. The third-order valence-electron chi connectivity index (χ3n) is 5.82. The van der Waals surface area contributed by atoms with Crippen LogP contribution in [-0.2, 0) is 9.59 Å². The van der Waals surface area contributed by atoms with E-state index >= 15 is 0 Å². The molecule has 0 aliphatic carbocycles. The molecule has 1 aromatic heterocycles. The summed E-state index contributed by atoms with van der Waals surface area (Å²) in [7, 11) is 0. The lowest BCUT2D eigenvalue weighted by Gasteiger charge is -2.25. The molecule has 8 heteroatoms. The zero-order valence-corrected chi connectivity index (χ0v) is 19.5. The summed E-state index contributed by atoms with van der Waals surface area (Å²) in [5.41, 5.74) is 0.801. The third-order valence-corrected chi connectivity index (χ3v) is 5.82. The van der Waals surface area contributed by atoms with E-state index in [1.165, 1.54) is 12.4 Å². The lowest BCUT2D eigenvalue weighted by atomic mass is 9.93. The molecule has 1 unspecified atom stereocenters. The third kappa shape index (κ3) is 4.39. The number of carbonyl (C=O) groups excluding carboxylic acids is 2. The van der Waals surface area contributed by atoms with E-state index in [4.69, 9.17) is 4.74 Å². The van der Waals surface area contributed by atoms with Gasteiger partial charge in [0.15, 0.2) is 0 Å². The number of Topliss-reactive ketones (excluding diaryl/α,β-unsaturated/α-hetero) is 1. The van der Waals surface area contributed by atoms with Gasteiger partial charge < -0.3 is 9.84 Å². The van der Waals surface area contributed by atoms with Gasteiger partial charge in [-0.3, -0.25) is 19.5 Å². The maximum Gasteiger partial charge on any atom is 0.300 e. The Morgan fingerprint density at radius 3 is 2.57 bits per heavy atom. The molecule has 4 rings (SSSR count). The number of ether oxygens (including phenoxy) is 1. The van der Waals surface area contributed by atoms with E-state index in [1.807, 2.05) is 20.8 Å². The fraction of sp³-hybridized carbons (Fsp3) is 0.222. The molecule has 0 bridgehead atoms. The fourth-order valence-corrected chi connectivity index (χ4v) is 4.19. The average Bonchev–Trinajstić information content (AvgIpc) is 3.11. The van der Waals surface area contributed by atoms with E-state index in [-0.39, 0.29) is 11.5 Å².